The summed E-state index contributed by atoms with van der Waals surface area (Å²) >= 11 is 11.7. The van der Waals surface area contributed by atoms with E-state index in [1.165, 1.54) is 0 Å². The Morgan fingerprint density at radius 1 is 1.08 bits per heavy atom. The van der Waals surface area contributed by atoms with Crippen molar-refractivity contribution in [3.63, 3.8) is 0 Å². The molecule has 0 unspecified atom stereocenters. The summed E-state index contributed by atoms with van der Waals surface area (Å²) in [6, 6.07) is 10.1. The van der Waals surface area contributed by atoms with Gasteiger partial charge in [0.2, 0.25) is 5.54 Å². The maximum atomic E-state index is 13.9. The summed E-state index contributed by atoms with van der Waals surface area (Å²) in [5.41, 5.74) is -3.05. The van der Waals surface area contributed by atoms with Crippen LogP contribution in [-0.2, 0) is 5.54 Å². The average molecular weight is 386 g/mol. The van der Waals surface area contributed by atoms with Gasteiger partial charge in [-0.15, -0.1) is 0 Å². The van der Waals surface area contributed by atoms with Crippen molar-refractivity contribution in [2.24, 2.45) is 0 Å². The molecule has 0 saturated carbocycles. The summed E-state index contributed by atoms with van der Waals surface area (Å²) in [5.74, 6) is 4.23. The molecule has 0 saturated heterocycles. The number of nitrogens with one attached hydrogen (secondary N) is 1. The molecular weight excluding hydrogens is 378 g/mol. The predicted molar refractivity (Wildman–Crippen MR) is 86.7 cm³/mol. The molecule has 1 N–H and O–H groups in total. The lowest BCUT2D eigenvalue weighted by Crippen LogP contribution is -2.58. The zero-order valence-electron chi connectivity index (χ0n) is 12.2. The van der Waals surface area contributed by atoms with Crippen LogP contribution in [0.15, 0.2) is 42.5 Å². The lowest BCUT2D eigenvalue weighted by atomic mass is 9.87. The van der Waals surface area contributed by atoms with Crippen molar-refractivity contribution >= 4 is 29.3 Å². The quantitative estimate of drug-likeness (QED) is 0.654. The van der Waals surface area contributed by atoms with Gasteiger partial charge in [0, 0.05) is 17.2 Å². The summed E-state index contributed by atoms with van der Waals surface area (Å²) in [6.07, 6.45) is -6.22. The van der Waals surface area contributed by atoms with Crippen LogP contribution in [0, 0.1) is 11.8 Å². The van der Waals surface area contributed by atoms with Crippen LogP contribution >= 0.6 is 23.2 Å². The molecular formula is C17H8Cl2F3NO2. The molecule has 25 heavy (non-hydrogen) atoms. The number of amides is 1. The Hall–Kier alpha value is -2.36. The fourth-order valence-electron chi connectivity index (χ4n) is 2.33. The Morgan fingerprint density at radius 2 is 1.72 bits per heavy atom. The second-order valence-corrected chi connectivity index (χ2v) is 5.96. The molecule has 0 aliphatic carbocycles. The number of ether oxygens (including phenoxy) is 1. The number of fused-ring (bicyclic) bond motifs is 1. The molecule has 0 fully saturated rings. The zero-order chi connectivity index (χ0) is 18.2. The molecule has 0 spiro atoms. The number of rotatable bonds is 0. The zero-order valence-corrected chi connectivity index (χ0v) is 13.8. The lowest BCUT2D eigenvalue weighted by molar-refractivity contribution is -0.181. The van der Waals surface area contributed by atoms with E-state index in [2.05, 4.69) is 11.8 Å². The van der Waals surface area contributed by atoms with Gasteiger partial charge in [0.1, 0.15) is 5.75 Å². The molecule has 1 atom stereocenters. The van der Waals surface area contributed by atoms with Gasteiger partial charge >= 0.3 is 12.3 Å². The molecule has 8 heteroatoms. The van der Waals surface area contributed by atoms with Gasteiger partial charge in [-0.05, 0) is 18.2 Å². The molecule has 128 valence electrons. The molecule has 1 heterocycles. The van der Waals surface area contributed by atoms with Crippen molar-refractivity contribution in [1.29, 1.82) is 0 Å². The molecule has 1 aliphatic rings. The van der Waals surface area contributed by atoms with E-state index in [9.17, 15) is 18.0 Å². The van der Waals surface area contributed by atoms with Crippen LogP contribution in [0.3, 0.4) is 0 Å². The highest BCUT2D eigenvalue weighted by Crippen LogP contribution is 2.47. The van der Waals surface area contributed by atoms with Crippen molar-refractivity contribution in [1.82, 2.24) is 5.32 Å². The number of benzene rings is 2. The summed E-state index contributed by atoms with van der Waals surface area (Å²) in [4.78, 5) is 11.7. The third kappa shape index (κ3) is 3.13. The highest BCUT2D eigenvalue weighted by molar-refractivity contribution is 6.42. The van der Waals surface area contributed by atoms with Gasteiger partial charge in [-0.3, -0.25) is 5.32 Å². The number of alkyl halides is 3. The standard InChI is InChI=1S/C17H8Cl2F3NO2/c18-12-8-11-14(9-13(12)19)25-15(24)23-16(11,17(20,21)22)7-6-10-4-2-1-3-5-10/h1-5,8-9H,(H,23,24)/t16-/m0/s1. The summed E-state index contributed by atoms with van der Waals surface area (Å²) in [6.45, 7) is 0. The topological polar surface area (TPSA) is 38.3 Å². The third-order valence-corrected chi connectivity index (χ3v) is 4.23. The Balaban J connectivity index is 2.26. The van der Waals surface area contributed by atoms with Crippen LogP contribution in [0.2, 0.25) is 10.0 Å². The summed E-state index contributed by atoms with van der Waals surface area (Å²) in [5, 5.41) is 1.63. The molecule has 0 bridgehead atoms. The largest absolute Gasteiger partial charge is 0.427 e. The molecule has 1 aliphatic heterocycles. The van der Waals surface area contributed by atoms with Gasteiger partial charge in [0.25, 0.3) is 0 Å². The highest BCUT2D eigenvalue weighted by atomic mass is 35.5. The van der Waals surface area contributed by atoms with E-state index in [4.69, 9.17) is 27.9 Å². The minimum absolute atomic E-state index is 0.0396. The van der Waals surface area contributed by atoms with E-state index < -0.39 is 23.4 Å². The van der Waals surface area contributed by atoms with Crippen molar-refractivity contribution in [3.05, 3.63) is 63.6 Å². The Bertz CT molecular complexity index is 904. The minimum Gasteiger partial charge on any atom is -0.410 e. The van der Waals surface area contributed by atoms with E-state index in [1.807, 2.05) is 0 Å². The van der Waals surface area contributed by atoms with Crippen LogP contribution in [0.4, 0.5) is 18.0 Å². The summed E-state index contributed by atoms with van der Waals surface area (Å²) in [7, 11) is 0. The van der Waals surface area contributed by atoms with Crippen molar-refractivity contribution in [2.45, 2.75) is 11.7 Å². The van der Waals surface area contributed by atoms with Gasteiger partial charge in [-0.2, -0.15) is 13.2 Å². The fourth-order valence-corrected chi connectivity index (χ4v) is 2.65. The Morgan fingerprint density at radius 3 is 2.36 bits per heavy atom. The summed E-state index contributed by atoms with van der Waals surface area (Å²) < 4.78 is 46.6. The van der Waals surface area contributed by atoms with Crippen molar-refractivity contribution < 1.29 is 22.7 Å². The number of halogens is 5. The monoisotopic (exact) mass is 385 g/mol. The molecule has 0 aromatic heterocycles. The second-order valence-electron chi connectivity index (χ2n) is 5.14. The molecule has 2 aromatic rings. The number of hydrogen-bond acceptors (Lipinski definition) is 2. The maximum absolute atomic E-state index is 13.9. The number of carbonyl (C=O) groups excluding carboxylic acids is 1. The molecule has 1 amide bonds. The van der Waals surface area contributed by atoms with E-state index in [1.54, 1.807) is 35.6 Å². The van der Waals surface area contributed by atoms with E-state index in [-0.39, 0.29) is 15.8 Å². The van der Waals surface area contributed by atoms with Crippen LogP contribution in [-0.4, -0.2) is 12.3 Å². The van der Waals surface area contributed by atoms with E-state index in [0.29, 0.717) is 5.56 Å². The lowest BCUT2D eigenvalue weighted by Gasteiger charge is -2.36. The first-order valence-corrected chi connectivity index (χ1v) is 7.63. The molecule has 0 radical (unpaired) electrons. The third-order valence-electron chi connectivity index (χ3n) is 3.51. The SMILES string of the molecule is O=C1N[C@](C#Cc2ccccc2)(C(F)(F)F)c2cc(Cl)c(Cl)cc2O1. The van der Waals surface area contributed by atoms with E-state index in [0.717, 1.165) is 12.1 Å². The molecule has 2 aromatic carbocycles. The van der Waals surface area contributed by atoms with Crippen molar-refractivity contribution in [2.75, 3.05) is 0 Å². The van der Waals surface area contributed by atoms with E-state index >= 15 is 0 Å². The van der Waals surface area contributed by atoms with Gasteiger partial charge in [-0.1, -0.05) is 53.2 Å². The Kier molecular flexibility index (Phi) is 4.31. The first-order chi connectivity index (χ1) is 11.7. The van der Waals surface area contributed by atoms with Crippen LogP contribution < -0.4 is 10.1 Å². The van der Waals surface area contributed by atoms with Gasteiger partial charge in [-0.25, -0.2) is 4.79 Å². The van der Waals surface area contributed by atoms with Crippen LogP contribution in [0.5, 0.6) is 5.75 Å². The molecule has 3 nitrogen and oxygen atoms in total. The number of carbonyl (C=O) groups is 1. The van der Waals surface area contributed by atoms with Crippen LogP contribution in [0.25, 0.3) is 0 Å². The Labute approximate surface area is 150 Å². The first kappa shape index (κ1) is 17.5. The van der Waals surface area contributed by atoms with Gasteiger partial charge in [0.05, 0.1) is 10.0 Å². The van der Waals surface area contributed by atoms with Gasteiger partial charge in [0.15, 0.2) is 0 Å². The average Bonchev–Trinajstić information content (AvgIpc) is 2.54. The molecule has 3 rings (SSSR count). The first-order valence-electron chi connectivity index (χ1n) is 6.87. The maximum Gasteiger partial charge on any atom is 0.427 e. The predicted octanol–water partition coefficient (Wildman–Crippen LogP) is 4.90. The van der Waals surface area contributed by atoms with Crippen LogP contribution in [0.1, 0.15) is 11.1 Å². The highest BCUT2D eigenvalue weighted by Gasteiger charge is 2.60. The number of hydrogen-bond donors (Lipinski definition) is 1. The fraction of sp³-hybridized carbons (Fsp3) is 0.118. The second kappa shape index (κ2) is 6.17. The normalized spacial score (nSPS) is 19.2. The van der Waals surface area contributed by atoms with Gasteiger partial charge < -0.3 is 4.74 Å². The van der Waals surface area contributed by atoms with Crippen molar-refractivity contribution in [3.8, 4) is 17.6 Å². The smallest absolute Gasteiger partial charge is 0.410 e. The minimum atomic E-state index is -4.93.